The number of hydrogen-bond acceptors (Lipinski definition) is 15. The van der Waals surface area contributed by atoms with Gasteiger partial charge in [-0.25, -0.2) is 9.13 Å². The van der Waals surface area contributed by atoms with Gasteiger partial charge in [0.2, 0.25) is 0 Å². The van der Waals surface area contributed by atoms with Crippen LogP contribution in [0.4, 0.5) is 0 Å². The second kappa shape index (κ2) is 78.5. The third-order valence-corrected chi connectivity index (χ3v) is 17.3. The Balaban J connectivity index is 5.57. The summed E-state index contributed by atoms with van der Waals surface area (Å²) in [4.78, 5) is 73.0. The van der Waals surface area contributed by atoms with Crippen molar-refractivity contribution in [1.29, 1.82) is 0 Å². The molecule has 0 aromatic heterocycles. The Labute approximate surface area is 651 Å². The first kappa shape index (κ1) is 101. The van der Waals surface area contributed by atoms with Gasteiger partial charge in [-0.1, -0.05) is 279 Å². The molecule has 0 amide bonds. The maximum atomic E-state index is 13.1. The molecule has 0 saturated heterocycles. The van der Waals surface area contributed by atoms with E-state index >= 15 is 0 Å². The Hall–Kier alpha value is -6.62. The SMILES string of the molecule is CC/C=C\C/C=C\C/C=C\C/C=C\C/C=C\C/C=C\CCC(=O)OCC(COP(=O)(O)OCC(O)COP(=O)(O)OCC(COC(=O)CC/C=C\C/C=C\C/C=C\C/C=C\C/C=C\C/C=C\CC)OC(=O)CCCCCCC/C=C\C/C=C\CCCCC)OC(=O)CCCC/C=C\C/C=C\C/C=C\C/C=C\CC. The van der Waals surface area contributed by atoms with Crippen LogP contribution in [0.15, 0.2) is 219 Å². The van der Waals surface area contributed by atoms with E-state index in [0.717, 1.165) is 141 Å². The number of ether oxygens (including phenoxy) is 4. The predicted molar refractivity (Wildman–Crippen MR) is 445 cm³/mol. The van der Waals surface area contributed by atoms with Crippen molar-refractivity contribution in [2.45, 2.75) is 277 Å². The summed E-state index contributed by atoms with van der Waals surface area (Å²) in [7, 11) is -10.0. The lowest BCUT2D eigenvalue weighted by molar-refractivity contribution is -0.161. The van der Waals surface area contributed by atoms with E-state index in [1.165, 1.54) is 19.3 Å². The van der Waals surface area contributed by atoms with Gasteiger partial charge in [-0.15, -0.1) is 0 Å². The molecule has 0 spiro atoms. The number of allylic oxidation sites excluding steroid dienone is 36. The largest absolute Gasteiger partial charge is 0.472 e. The van der Waals surface area contributed by atoms with Crippen LogP contribution in [0.3, 0.4) is 0 Å². The van der Waals surface area contributed by atoms with E-state index in [1.54, 1.807) is 0 Å². The van der Waals surface area contributed by atoms with Crippen LogP contribution in [-0.4, -0.2) is 96.7 Å². The van der Waals surface area contributed by atoms with Crippen LogP contribution in [0.2, 0.25) is 0 Å². The second-order valence-electron chi connectivity index (χ2n) is 25.5. The van der Waals surface area contributed by atoms with Crippen molar-refractivity contribution in [3.8, 4) is 0 Å². The minimum Gasteiger partial charge on any atom is -0.462 e. The van der Waals surface area contributed by atoms with E-state index < -0.39 is 97.5 Å². The quantitative estimate of drug-likeness (QED) is 0.0169. The summed E-state index contributed by atoms with van der Waals surface area (Å²) in [5, 5.41) is 10.6. The van der Waals surface area contributed by atoms with Crippen LogP contribution in [0.25, 0.3) is 0 Å². The molecule has 0 fully saturated rings. The van der Waals surface area contributed by atoms with Gasteiger partial charge >= 0.3 is 39.5 Å². The first-order chi connectivity index (χ1) is 52.7. The molecule has 5 atom stereocenters. The number of rotatable bonds is 72. The van der Waals surface area contributed by atoms with E-state index in [2.05, 4.69) is 204 Å². The van der Waals surface area contributed by atoms with Crippen LogP contribution in [-0.2, 0) is 65.4 Å². The fourth-order valence-corrected chi connectivity index (χ4v) is 11.0. The third-order valence-electron chi connectivity index (χ3n) is 15.4. The number of aliphatic hydroxyl groups is 1. The Bertz CT molecular complexity index is 2910. The number of phosphoric acid groups is 2. The maximum Gasteiger partial charge on any atom is 0.472 e. The number of aliphatic hydroxyl groups excluding tert-OH is 1. The van der Waals surface area contributed by atoms with Gasteiger partial charge in [0.05, 0.1) is 26.4 Å². The molecule has 0 aromatic rings. The average Bonchev–Trinajstić information content (AvgIpc) is 0.923. The zero-order valence-corrected chi connectivity index (χ0v) is 68.0. The number of hydrogen-bond donors (Lipinski definition) is 3. The summed E-state index contributed by atoms with van der Waals surface area (Å²) >= 11 is 0. The van der Waals surface area contributed by atoms with Crippen LogP contribution < -0.4 is 0 Å². The molecule has 108 heavy (non-hydrogen) atoms. The van der Waals surface area contributed by atoms with E-state index in [9.17, 15) is 43.2 Å². The molecule has 0 saturated carbocycles. The van der Waals surface area contributed by atoms with E-state index in [0.29, 0.717) is 44.9 Å². The normalized spacial score (nSPS) is 15.0. The number of carbonyl (C=O) groups excluding carboxylic acids is 4. The molecule has 0 aliphatic heterocycles. The zero-order valence-electron chi connectivity index (χ0n) is 66.2. The monoisotopic (exact) mass is 1540 g/mol. The highest BCUT2D eigenvalue weighted by Crippen LogP contribution is 2.45. The Morgan fingerprint density at radius 2 is 0.500 bits per heavy atom. The highest BCUT2D eigenvalue weighted by atomic mass is 31.2. The van der Waals surface area contributed by atoms with Crippen LogP contribution in [0.5, 0.6) is 0 Å². The fourth-order valence-electron chi connectivity index (χ4n) is 9.47. The van der Waals surface area contributed by atoms with Crippen molar-refractivity contribution in [2.24, 2.45) is 0 Å². The van der Waals surface area contributed by atoms with Crippen LogP contribution in [0, 0.1) is 0 Å². The summed E-state index contributed by atoms with van der Waals surface area (Å²) in [6.45, 7) is 4.22. The van der Waals surface area contributed by atoms with Gasteiger partial charge in [0, 0.05) is 25.7 Å². The molecular formula is C89H138O17P2. The number of carbonyl (C=O) groups is 4. The number of unbranched alkanes of at least 4 members (excludes halogenated alkanes) is 10. The summed E-state index contributed by atoms with van der Waals surface area (Å²) in [6, 6.07) is 0. The summed E-state index contributed by atoms with van der Waals surface area (Å²) in [5.41, 5.74) is 0. The predicted octanol–water partition coefficient (Wildman–Crippen LogP) is 23.7. The molecule has 0 aliphatic rings. The third kappa shape index (κ3) is 77.5. The van der Waals surface area contributed by atoms with Crippen molar-refractivity contribution in [3.63, 3.8) is 0 Å². The zero-order chi connectivity index (χ0) is 78.9. The second-order valence-corrected chi connectivity index (χ2v) is 28.4. The number of phosphoric ester groups is 2. The first-order valence-corrected chi connectivity index (χ1v) is 43.0. The molecule has 0 radical (unpaired) electrons. The lowest BCUT2D eigenvalue weighted by Gasteiger charge is -2.21. The Kier molecular flexibility index (Phi) is 73.7. The lowest BCUT2D eigenvalue weighted by atomic mass is 10.1. The van der Waals surface area contributed by atoms with Crippen molar-refractivity contribution >= 4 is 39.5 Å². The maximum absolute atomic E-state index is 13.1. The topological polar surface area (TPSA) is 237 Å². The molecule has 0 aliphatic carbocycles. The minimum absolute atomic E-state index is 0.0150. The van der Waals surface area contributed by atoms with Crippen molar-refractivity contribution in [3.05, 3.63) is 219 Å². The summed E-state index contributed by atoms with van der Waals surface area (Å²) < 4.78 is 68.4. The van der Waals surface area contributed by atoms with Gasteiger partial charge in [-0.05, 0) is 173 Å². The molecule has 0 aromatic carbocycles. The molecule has 17 nitrogen and oxygen atoms in total. The number of esters is 4. The smallest absolute Gasteiger partial charge is 0.462 e. The Morgan fingerprint density at radius 3 is 0.796 bits per heavy atom. The molecule has 3 N–H and O–H groups in total. The fraction of sp³-hybridized carbons (Fsp3) is 0.551. The Morgan fingerprint density at radius 1 is 0.269 bits per heavy atom. The van der Waals surface area contributed by atoms with Gasteiger partial charge in [0.15, 0.2) is 12.2 Å². The van der Waals surface area contributed by atoms with Gasteiger partial charge in [-0.2, -0.15) is 0 Å². The molecule has 0 rings (SSSR count). The molecule has 19 heteroatoms. The van der Waals surface area contributed by atoms with E-state index in [-0.39, 0.29) is 25.7 Å². The van der Waals surface area contributed by atoms with Gasteiger partial charge in [0.1, 0.15) is 19.3 Å². The molecule has 5 unspecified atom stereocenters. The van der Waals surface area contributed by atoms with Crippen LogP contribution >= 0.6 is 15.6 Å². The molecular weight excluding hydrogens is 1400 g/mol. The van der Waals surface area contributed by atoms with Crippen molar-refractivity contribution in [2.75, 3.05) is 39.6 Å². The summed E-state index contributed by atoms with van der Waals surface area (Å²) in [5.74, 6) is -2.46. The molecule has 0 heterocycles. The lowest BCUT2D eigenvalue weighted by Crippen LogP contribution is -2.30. The average molecular weight is 1540 g/mol. The van der Waals surface area contributed by atoms with Crippen LogP contribution in [0.1, 0.15) is 259 Å². The van der Waals surface area contributed by atoms with Gasteiger partial charge < -0.3 is 33.8 Å². The molecule has 606 valence electrons. The van der Waals surface area contributed by atoms with Gasteiger partial charge in [-0.3, -0.25) is 37.3 Å². The van der Waals surface area contributed by atoms with E-state index in [1.807, 2.05) is 42.5 Å². The molecule has 0 bridgehead atoms. The minimum atomic E-state index is -5.02. The van der Waals surface area contributed by atoms with Gasteiger partial charge in [0.25, 0.3) is 0 Å². The van der Waals surface area contributed by atoms with Crippen molar-refractivity contribution in [1.82, 2.24) is 0 Å². The highest BCUT2D eigenvalue weighted by Gasteiger charge is 2.30. The van der Waals surface area contributed by atoms with Crippen molar-refractivity contribution < 1.29 is 80.2 Å². The standard InChI is InChI=1S/C89H138O17P2/c1-5-9-13-17-21-25-29-33-37-39-41-43-47-49-53-57-61-65-69-73-86(91)99-79-84(105-88(93)75-71-67-63-59-55-51-45-35-31-27-23-19-15-11-7-3)81-103-107(95,96)101-77-83(90)78-102-108(97,98)104-82-85(106-89(94)76-72-68-64-60-56-52-46-36-32-28-24-20-16-12-8-4)80-100-87(92)74-70-66-62-58-54-50-48-44-42-40-38-34-30-26-22-18-14-10-6-2/h9-11,13-15,21-28,33-38,41-46,49-50,53-55,59,61-62,65-66,83-85,90H,5-8,12,16-20,29-32,39-40,47-48,51-52,56-58,60,63-64,67-82H2,1-4H3,(H,95,96)(H,97,98)/b13-9-,14-10-,15-11-,25-21-,26-22-,27-23-,28-24-,37-33-,38-34-,43-41-,44-42-,45-35-,46-36-,53-49-,54-50-,59-55-,65-61-,66-62-. The first-order valence-electron chi connectivity index (χ1n) is 40.0. The summed E-state index contributed by atoms with van der Waals surface area (Å²) in [6.07, 6.45) is 99.5. The van der Waals surface area contributed by atoms with E-state index in [4.69, 9.17) is 37.0 Å². The highest BCUT2D eigenvalue weighted by molar-refractivity contribution is 7.47.